The molecule has 0 saturated carbocycles. The summed E-state index contributed by atoms with van der Waals surface area (Å²) in [7, 11) is 0. The fraction of sp³-hybridized carbons (Fsp3) is 0.400. The van der Waals surface area contributed by atoms with E-state index in [1.165, 1.54) is 11.3 Å². The average molecular weight is 420 g/mol. The minimum absolute atomic E-state index is 0.157. The van der Waals surface area contributed by atoms with Gasteiger partial charge in [-0.2, -0.15) is 0 Å². The second-order valence-electron chi connectivity index (χ2n) is 8.61. The van der Waals surface area contributed by atoms with Crippen molar-refractivity contribution in [2.45, 2.75) is 38.3 Å². The van der Waals surface area contributed by atoms with E-state index in [9.17, 15) is 4.79 Å². The van der Waals surface area contributed by atoms with Gasteiger partial charge in [0.2, 0.25) is 0 Å². The first kappa shape index (κ1) is 19.9. The van der Waals surface area contributed by atoms with Gasteiger partial charge >= 0.3 is 0 Å². The Morgan fingerprint density at radius 2 is 1.90 bits per heavy atom. The molecule has 6 nitrogen and oxygen atoms in total. The molecule has 2 N–H and O–H groups in total. The van der Waals surface area contributed by atoms with Gasteiger partial charge in [-0.25, -0.2) is 0 Å². The molecule has 31 heavy (non-hydrogen) atoms. The summed E-state index contributed by atoms with van der Waals surface area (Å²) in [5.41, 5.74) is 3.27. The zero-order valence-corrected chi connectivity index (χ0v) is 17.9. The molecule has 162 valence electrons. The summed E-state index contributed by atoms with van der Waals surface area (Å²) in [6, 6.07) is 16.5. The molecule has 1 amide bonds. The van der Waals surface area contributed by atoms with Crippen molar-refractivity contribution < 1.29 is 13.9 Å². The third kappa shape index (κ3) is 4.54. The Morgan fingerprint density at radius 1 is 1.10 bits per heavy atom. The van der Waals surface area contributed by atoms with Crippen LogP contribution in [0.4, 0.5) is 5.69 Å². The number of nitrogens with zero attached hydrogens (tertiary/aromatic N) is 1. The Kier molecular flexibility index (Phi) is 5.55. The number of hydrogen-bond acceptors (Lipinski definition) is 5. The summed E-state index contributed by atoms with van der Waals surface area (Å²) in [6.07, 6.45) is 3.12. The van der Waals surface area contributed by atoms with Gasteiger partial charge in [0, 0.05) is 49.6 Å². The maximum Gasteiger partial charge on any atom is 0.287 e. The van der Waals surface area contributed by atoms with E-state index in [2.05, 4.69) is 46.7 Å². The van der Waals surface area contributed by atoms with Crippen molar-refractivity contribution in [3.8, 4) is 5.75 Å². The topological polar surface area (TPSA) is 66.7 Å². The van der Waals surface area contributed by atoms with Crippen molar-refractivity contribution in [2.24, 2.45) is 0 Å². The second-order valence-corrected chi connectivity index (χ2v) is 8.61. The number of amides is 1. The minimum Gasteiger partial charge on any atom is -0.490 e. The van der Waals surface area contributed by atoms with E-state index in [0.717, 1.165) is 56.6 Å². The van der Waals surface area contributed by atoms with Crippen molar-refractivity contribution in [3.05, 3.63) is 59.9 Å². The number of anilines is 1. The van der Waals surface area contributed by atoms with Gasteiger partial charge in [0.05, 0.1) is 0 Å². The number of rotatable bonds is 5. The lowest BCUT2D eigenvalue weighted by atomic mass is 10.1. The van der Waals surface area contributed by atoms with E-state index < -0.39 is 0 Å². The van der Waals surface area contributed by atoms with Gasteiger partial charge in [0.25, 0.3) is 5.91 Å². The van der Waals surface area contributed by atoms with Crippen LogP contribution in [-0.2, 0) is 0 Å². The van der Waals surface area contributed by atoms with Crippen molar-refractivity contribution in [1.82, 2.24) is 10.6 Å². The first-order valence-electron chi connectivity index (χ1n) is 11.2. The van der Waals surface area contributed by atoms with Crippen LogP contribution >= 0.6 is 0 Å². The summed E-state index contributed by atoms with van der Waals surface area (Å²) in [5.74, 6) is 1.02. The molecule has 0 radical (unpaired) electrons. The number of nitrogens with one attached hydrogen (secondary N) is 2. The highest BCUT2D eigenvalue weighted by molar-refractivity contribution is 5.96. The van der Waals surface area contributed by atoms with Gasteiger partial charge in [-0.3, -0.25) is 4.79 Å². The summed E-state index contributed by atoms with van der Waals surface area (Å²) in [6.45, 7) is 5.84. The van der Waals surface area contributed by atoms with Crippen LogP contribution in [0.2, 0.25) is 0 Å². The monoisotopic (exact) mass is 419 g/mol. The van der Waals surface area contributed by atoms with Crippen molar-refractivity contribution in [3.63, 3.8) is 0 Å². The van der Waals surface area contributed by atoms with Gasteiger partial charge in [0.15, 0.2) is 5.76 Å². The number of piperidine rings is 1. The SMILES string of the molecule is Cc1ccc(N2CCC(Oc3ccc4oc(C(=O)N[C@@H]5CCNC5)cc4c3)CC2)cc1. The van der Waals surface area contributed by atoms with Crippen LogP contribution in [0.3, 0.4) is 0 Å². The largest absolute Gasteiger partial charge is 0.490 e. The number of furan rings is 1. The molecule has 1 aromatic heterocycles. The molecular weight excluding hydrogens is 390 g/mol. The smallest absolute Gasteiger partial charge is 0.287 e. The van der Waals surface area contributed by atoms with Crippen molar-refractivity contribution in [2.75, 3.05) is 31.1 Å². The molecule has 6 heteroatoms. The van der Waals surface area contributed by atoms with Gasteiger partial charge < -0.3 is 24.7 Å². The molecule has 0 spiro atoms. The molecule has 2 saturated heterocycles. The van der Waals surface area contributed by atoms with Crippen LogP contribution in [0, 0.1) is 6.92 Å². The van der Waals surface area contributed by atoms with Crippen molar-refractivity contribution in [1.29, 1.82) is 0 Å². The van der Waals surface area contributed by atoms with Crippen LogP contribution in [0.5, 0.6) is 5.75 Å². The molecule has 3 aromatic rings. The zero-order chi connectivity index (χ0) is 21.2. The van der Waals surface area contributed by atoms with E-state index in [4.69, 9.17) is 9.15 Å². The fourth-order valence-corrected chi connectivity index (χ4v) is 4.42. The number of aryl methyl sites for hydroxylation is 1. The second kappa shape index (κ2) is 8.63. The van der Waals surface area contributed by atoms with E-state index >= 15 is 0 Å². The zero-order valence-electron chi connectivity index (χ0n) is 17.9. The number of ether oxygens (including phenoxy) is 1. The highest BCUT2D eigenvalue weighted by Gasteiger charge is 2.22. The molecule has 2 aromatic carbocycles. The van der Waals surface area contributed by atoms with E-state index in [0.29, 0.717) is 11.3 Å². The van der Waals surface area contributed by atoms with E-state index in [-0.39, 0.29) is 18.1 Å². The van der Waals surface area contributed by atoms with E-state index in [1.54, 1.807) is 6.07 Å². The number of hydrogen-bond donors (Lipinski definition) is 2. The Labute approximate surface area is 182 Å². The molecule has 2 aliphatic heterocycles. The number of fused-ring (bicyclic) bond motifs is 1. The van der Waals surface area contributed by atoms with Crippen LogP contribution in [-0.4, -0.2) is 44.2 Å². The predicted molar refractivity (Wildman–Crippen MR) is 122 cm³/mol. The number of carbonyl (C=O) groups excluding carboxylic acids is 1. The maximum absolute atomic E-state index is 12.5. The Hall–Kier alpha value is -2.99. The summed E-state index contributed by atoms with van der Waals surface area (Å²) in [5, 5.41) is 7.17. The van der Waals surface area contributed by atoms with Gasteiger partial charge in [-0.15, -0.1) is 0 Å². The normalized spacial score (nSPS) is 19.6. The molecule has 5 rings (SSSR count). The summed E-state index contributed by atoms with van der Waals surface area (Å²) >= 11 is 0. The molecule has 0 unspecified atom stereocenters. The third-order valence-electron chi connectivity index (χ3n) is 6.25. The molecule has 3 heterocycles. The summed E-state index contributed by atoms with van der Waals surface area (Å²) < 4.78 is 12.0. The number of benzene rings is 2. The quantitative estimate of drug-likeness (QED) is 0.657. The lowest BCUT2D eigenvalue weighted by Crippen LogP contribution is -2.38. The van der Waals surface area contributed by atoms with Crippen molar-refractivity contribution >= 4 is 22.6 Å². The molecule has 1 atom stereocenters. The molecule has 2 aliphatic rings. The molecular formula is C25H29N3O3. The Bertz CT molecular complexity index is 1050. The minimum atomic E-state index is -0.157. The predicted octanol–water partition coefficient (Wildman–Crippen LogP) is 3.88. The standard InChI is InChI=1S/C25H29N3O3/c1-17-2-4-20(5-3-17)28-12-9-21(10-13-28)30-22-6-7-23-18(14-22)15-24(31-23)25(29)27-19-8-11-26-16-19/h2-7,14-15,19,21,26H,8-13,16H2,1H3,(H,27,29)/t19-/m1/s1. The molecule has 2 fully saturated rings. The lowest BCUT2D eigenvalue weighted by molar-refractivity contribution is 0.0914. The van der Waals surface area contributed by atoms with Crippen LogP contribution in [0.15, 0.2) is 52.9 Å². The van der Waals surface area contributed by atoms with Crippen LogP contribution in [0.1, 0.15) is 35.4 Å². The lowest BCUT2D eigenvalue weighted by Gasteiger charge is -2.33. The van der Waals surface area contributed by atoms with Gasteiger partial charge in [-0.05, 0) is 56.3 Å². The first-order chi connectivity index (χ1) is 15.1. The maximum atomic E-state index is 12.5. The Balaban J connectivity index is 1.20. The van der Waals surface area contributed by atoms with Crippen LogP contribution < -0.4 is 20.3 Å². The third-order valence-corrected chi connectivity index (χ3v) is 6.25. The van der Waals surface area contributed by atoms with E-state index in [1.807, 2.05) is 18.2 Å². The number of carbonyl (C=O) groups is 1. The average Bonchev–Trinajstić information content (AvgIpc) is 3.44. The highest BCUT2D eigenvalue weighted by Crippen LogP contribution is 2.28. The molecule has 0 bridgehead atoms. The van der Waals surface area contributed by atoms with Crippen LogP contribution in [0.25, 0.3) is 11.0 Å². The van der Waals surface area contributed by atoms with Gasteiger partial charge in [0.1, 0.15) is 17.4 Å². The Morgan fingerprint density at radius 3 is 2.65 bits per heavy atom. The molecule has 0 aliphatic carbocycles. The first-order valence-corrected chi connectivity index (χ1v) is 11.2. The fourth-order valence-electron chi connectivity index (χ4n) is 4.42. The summed E-state index contributed by atoms with van der Waals surface area (Å²) in [4.78, 5) is 14.9. The van der Waals surface area contributed by atoms with Gasteiger partial charge in [-0.1, -0.05) is 17.7 Å². The highest BCUT2D eigenvalue weighted by atomic mass is 16.5.